The lowest BCUT2D eigenvalue weighted by atomic mass is 10.0. The molecule has 29 heavy (non-hydrogen) atoms. The number of aromatic nitrogens is 3. The second kappa shape index (κ2) is 8.57. The lowest BCUT2D eigenvalue weighted by Crippen LogP contribution is -2.12. The van der Waals surface area contributed by atoms with Crippen LogP contribution in [0.5, 0.6) is 0 Å². The Bertz CT molecular complexity index is 1060. The summed E-state index contributed by atoms with van der Waals surface area (Å²) in [5, 5.41) is 9.15. The average Bonchev–Trinajstić information content (AvgIpc) is 3.07. The molecule has 0 unspecified atom stereocenters. The maximum atomic E-state index is 11.9. The van der Waals surface area contributed by atoms with Gasteiger partial charge in [-0.2, -0.15) is 0 Å². The zero-order valence-electron chi connectivity index (χ0n) is 16.1. The second-order valence-electron chi connectivity index (χ2n) is 6.82. The van der Waals surface area contributed by atoms with Crippen LogP contribution >= 0.6 is 11.6 Å². The van der Waals surface area contributed by atoms with E-state index in [4.69, 9.17) is 21.3 Å². The van der Waals surface area contributed by atoms with Gasteiger partial charge in [0.05, 0.1) is 11.4 Å². The highest BCUT2D eigenvalue weighted by atomic mass is 35.5. The van der Waals surface area contributed by atoms with Gasteiger partial charge in [0.1, 0.15) is 6.54 Å². The van der Waals surface area contributed by atoms with E-state index in [-0.39, 0.29) is 12.6 Å². The summed E-state index contributed by atoms with van der Waals surface area (Å²) in [5.74, 6) is 1.03. The van der Waals surface area contributed by atoms with Gasteiger partial charge in [-0.05, 0) is 24.6 Å². The van der Waals surface area contributed by atoms with Crippen molar-refractivity contribution in [1.82, 2.24) is 14.8 Å². The molecule has 2 aromatic carbocycles. The average molecular weight is 409 g/mol. The molecule has 0 amide bonds. The van der Waals surface area contributed by atoms with Gasteiger partial charge in [0.25, 0.3) is 0 Å². The fourth-order valence-electron chi connectivity index (χ4n) is 3.34. The van der Waals surface area contributed by atoms with Crippen LogP contribution < -0.4 is 0 Å². The van der Waals surface area contributed by atoms with Crippen molar-refractivity contribution in [2.45, 2.75) is 39.3 Å². The van der Waals surface area contributed by atoms with Crippen LogP contribution in [0.3, 0.4) is 0 Å². The molecule has 0 atom stereocenters. The number of carbonyl (C=O) groups is 1. The summed E-state index contributed by atoms with van der Waals surface area (Å²) in [7, 11) is 0. The van der Waals surface area contributed by atoms with Crippen molar-refractivity contribution in [3.8, 4) is 5.69 Å². The number of esters is 1. The van der Waals surface area contributed by atoms with Crippen molar-refractivity contribution in [2.24, 2.45) is 4.99 Å². The van der Waals surface area contributed by atoms with Crippen molar-refractivity contribution in [2.75, 3.05) is 0 Å². The number of unbranched alkanes of at least 4 members (excludes halogenated alkanes) is 1. The van der Waals surface area contributed by atoms with Crippen LogP contribution in [0.15, 0.2) is 53.5 Å². The normalized spacial score (nSPS) is 12.6. The molecule has 7 heteroatoms. The summed E-state index contributed by atoms with van der Waals surface area (Å²) >= 11 is 6.31. The molecule has 6 nitrogen and oxygen atoms in total. The smallest absolute Gasteiger partial charge is 0.306 e. The maximum Gasteiger partial charge on any atom is 0.306 e. The Balaban J connectivity index is 1.72. The van der Waals surface area contributed by atoms with E-state index >= 15 is 0 Å². The topological polar surface area (TPSA) is 69.4 Å². The molecule has 1 aliphatic rings. The predicted octanol–water partition coefficient (Wildman–Crippen LogP) is 4.51. The number of benzene rings is 2. The van der Waals surface area contributed by atoms with Crippen molar-refractivity contribution in [3.05, 3.63) is 76.3 Å². The predicted molar refractivity (Wildman–Crippen MR) is 111 cm³/mol. The third-order valence-electron chi connectivity index (χ3n) is 4.77. The number of rotatable bonds is 6. The molecule has 0 aliphatic carbocycles. The van der Waals surface area contributed by atoms with E-state index in [1.54, 1.807) is 0 Å². The zero-order chi connectivity index (χ0) is 20.2. The summed E-state index contributed by atoms with van der Waals surface area (Å²) in [6.07, 6.45) is 2.17. The summed E-state index contributed by atoms with van der Waals surface area (Å²) in [4.78, 5) is 16.7. The first kappa shape index (κ1) is 19.3. The van der Waals surface area contributed by atoms with Gasteiger partial charge in [-0.15, -0.1) is 10.2 Å². The van der Waals surface area contributed by atoms with Gasteiger partial charge >= 0.3 is 5.97 Å². The largest absolute Gasteiger partial charge is 0.457 e. The van der Waals surface area contributed by atoms with Gasteiger partial charge in [-0.3, -0.25) is 14.4 Å². The van der Waals surface area contributed by atoms with Crippen LogP contribution in [-0.2, 0) is 22.7 Å². The van der Waals surface area contributed by atoms with Crippen molar-refractivity contribution in [1.29, 1.82) is 0 Å². The highest BCUT2D eigenvalue weighted by Gasteiger charge is 2.23. The standard InChI is InChI=1S/C22H21ClN4O2/c1-2-3-9-21(28)29-14-20-26-25-19-13-24-22(15-7-5-4-6-8-15)17-12-16(23)10-11-18(17)27(19)20/h4-8,10-12H,2-3,9,13-14H2,1H3. The van der Waals surface area contributed by atoms with E-state index in [0.29, 0.717) is 29.6 Å². The number of nitrogens with zero attached hydrogens (tertiary/aromatic N) is 4. The number of carbonyl (C=O) groups excluding carboxylic acids is 1. The molecule has 0 saturated heterocycles. The quantitative estimate of drug-likeness (QED) is 0.563. The number of ether oxygens (including phenoxy) is 1. The molecule has 2 heterocycles. The van der Waals surface area contributed by atoms with E-state index < -0.39 is 0 Å². The van der Waals surface area contributed by atoms with Gasteiger partial charge < -0.3 is 4.74 Å². The fourth-order valence-corrected chi connectivity index (χ4v) is 3.51. The number of halogens is 1. The molecule has 3 aromatic rings. The first-order chi connectivity index (χ1) is 14.2. The third-order valence-corrected chi connectivity index (χ3v) is 5.01. The van der Waals surface area contributed by atoms with Gasteiger partial charge in [-0.25, -0.2) is 0 Å². The zero-order valence-corrected chi connectivity index (χ0v) is 16.9. The monoisotopic (exact) mass is 408 g/mol. The number of hydrogen-bond donors (Lipinski definition) is 0. The Kier molecular flexibility index (Phi) is 5.71. The number of hydrogen-bond acceptors (Lipinski definition) is 5. The van der Waals surface area contributed by atoms with E-state index in [0.717, 1.165) is 35.4 Å². The van der Waals surface area contributed by atoms with Crippen molar-refractivity contribution in [3.63, 3.8) is 0 Å². The minimum absolute atomic E-state index is 0.0677. The van der Waals surface area contributed by atoms with Gasteiger partial charge in [0.2, 0.25) is 0 Å². The highest BCUT2D eigenvalue weighted by molar-refractivity contribution is 6.31. The van der Waals surface area contributed by atoms with Gasteiger partial charge in [0, 0.05) is 22.6 Å². The Hall–Kier alpha value is -2.99. The number of fused-ring (bicyclic) bond motifs is 3. The van der Waals surface area contributed by atoms with E-state index in [1.165, 1.54) is 0 Å². The molecule has 0 spiro atoms. The minimum Gasteiger partial charge on any atom is -0.457 e. The first-order valence-electron chi connectivity index (χ1n) is 9.66. The summed E-state index contributed by atoms with van der Waals surface area (Å²) in [5.41, 5.74) is 3.61. The molecule has 4 rings (SSSR count). The van der Waals surface area contributed by atoms with Crippen molar-refractivity contribution >= 4 is 23.3 Å². The van der Waals surface area contributed by atoms with Crippen molar-refractivity contribution < 1.29 is 9.53 Å². The van der Waals surface area contributed by atoms with Gasteiger partial charge in [0.15, 0.2) is 18.3 Å². The highest BCUT2D eigenvalue weighted by Crippen LogP contribution is 2.28. The Morgan fingerprint density at radius 3 is 2.79 bits per heavy atom. The molecule has 148 valence electrons. The summed E-state index contributed by atoms with van der Waals surface area (Å²) in [6, 6.07) is 15.6. The number of aliphatic imine (C=N–C) groups is 1. The lowest BCUT2D eigenvalue weighted by Gasteiger charge is -2.14. The molecule has 1 aromatic heterocycles. The summed E-state index contributed by atoms with van der Waals surface area (Å²) in [6.45, 7) is 2.48. The van der Waals surface area contributed by atoms with Crippen LogP contribution in [0.25, 0.3) is 5.69 Å². The Morgan fingerprint density at radius 2 is 2.00 bits per heavy atom. The Labute approximate surface area is 174 Å². The van der Waals surface area contributed by atoms with E-state index in [2.05, 4.69) is 10.2 Å². The summed E-state index contributed by atoms with van der Waals surface area (Å²) < 4.78 is 7.33. The molecule has 0 saturated carbocycles. The Morgan fingerprint density at radius 1 is 1.17 bits per heavy atom. The molecule has 0 N–H and O–H groups in total. The van der Waals surface area contributed by atoms with Crippen LogP contribution in [0.2, 0.25) is 5.02 Å². The van der Waals surface area contributed by atoms with E-state index in [1.807, 2.05) is 60.0 Å². The van der Waals surface area contributed by atoms with Crippen LogP contribution in [-0.4, -0.2) is 26.4 Å². The van der Waals surface area contributed by atoms with Gasteiger partial charge in [-0.1, -0.05) is 55.3 Å². The van der Waals surface area contributed by atoms with Crippen LogP contribution in [0.1, 0.15) is 49.0 Å². The maximum absolute atomic E-state index is 11.9. The third kappa shape index (κ3) is 4.07. The van der Waals surface area contributed by atoms with Crippen LogP contribution in [0, 0.1) is 0 Å². The molecule has 0 bridgehead atoms. The molecule has 0 fully saturated rings. The molecule has 1 aliphatic heterocycles. The first-order valence-corrected chi connectivity index (χ1v) is 10.0. The minimum atomic E-state index is -0.227. The van der Waals surface area contributed by atoms with Crippen LogP contribution in [0.4, 0.5) is 0 Å². The lowest BCUT2D eigenvalue weighted by molar-refractivity contribution is -0.145. The fraction of sp³-hybridized carbons (Fsp3) is 0.273. The molecular weight excluding hydrogens is 388 g/mol. The SMILES string of the molecule is CCCCC(=O)OCc1nnc2n1-c1ccc(Cl)cc1C(c1ccccc1)=NC2. The molecule has 0 radical (unpaired) electrons. The van der Waals surface area contributed by atoms with E-state index in [9.17, 15) is 4.79 Å². The second-order valence-corrected chi connectivity index (χ2v) is 7.26. The molecular formula is C22H21ClN4O2.